The van der Waals surface area contributed by atoms with Gasteiger partial charge in [-0.2, -0.15) is 4.31 Å². The van der Waals surface area contributed by atoms with Gasteiger partial charge in [0.15, 0.2) is 0 Å². The van der Waals surface area contributed by atoms with Crippen LogP contribution in [0.2, 0.25) is 0 Å². The SMILES string of the molecule is COc1ccc(C(=O)NN(C)c2ccccc2)cc1S(=O)(=O)N1CCCCCC1. The molecule has 1 saturated heterocycles. The maximum absolute atomic E-state index is 13.2. The molecule has 0 spiro atoms. The van der Waals surface area contributed by atoms with Crippen LogP contribution in [0.1, 0.15) is 36.0 Å². The molecule has 1 N–H and O–H groups in total. The number of carbonyl (C=O) groups is 1. The number of hydrogen-bond donors (Lipinski definition) is 1. The number of methoxy groups -OCH3 is 1. The normalized spacial score (nSPS) is 15.4. The number of hydrogen-bond acceptors (Lipinski definition) is 5. The van der Waals surface area contributed by atoms with Crippen LogP contribution in [0.15, 0.2) is 53.4 Å². The van der Waals surface area contributed by atoms with Crippen LogP contribution in [0.25, 0.3) is 0 Å². The van der Waals surface area contributed by atoms with E-state index in [1.165, 1.54) is 23.5 Å². The molecule has 0 unspecified atom stereocenters. The van der Waals surface area contributed by atoms with E-state index in [1.54, 1.807) is 18.1 Å². The number of nitrogens with zero attached hydrogens (tertiary/aromatic N) is 2. The molecule has 7 nitrogen and oxygen atoms in total. The number of para-hydroxylation sites is 1. The molecule has 1 heterocycles. The number of sulfonamides is 1. The summed E-state index contributed by atoms with van der Waals surface area (Å²) in [6.45, 7) is 0.970. The predicted molar refractivity (Wildman–Crippen MR) is 113 cm³/mol. The number of nitrogens with one attached hydrogen (secondary N) is 1. The fourth-order valence-corrected chi connectivity index (χ4v) is 5.07. The van der Waals surface area contributed by atoms with Gasteiger partial charge in [-0.15, -0.1) is 0 Å². The molecule has 0 saturated carbocycles. The lowest BCUT2D eigenvalue weighted by atomic mass is 10.2. The molecule has 156 valence electrons. The van der Waals surface area contributed by atoms with Gasteiger partial charge in [-0.05, 0) is 43.2 Å². The van der Waals surface area contributed by atoms with E-state index in [-0.39, 0.29) is 16.2 Å². The van der Waals surface area contributed by atoms with Crippen molar-refractivity contribution in [2.45, 2.75) is 30.6 Å². The number of carbonyl (C=O) groups excluding carboxylic acids is 1. The Balaban J connectivity index is 1.87. The zero-order valence-electron chi connectivity index (χ0n) is 16.8. The highest BCUT2D eigenvalue weighted by Gasteiger charge is 2.29. The molecule has 3 rings (SSSR count). The van der Waals surface area contributed by atoms with E-state index < -0.39 is 15.9 Å². The third kappa shape index (κ3) is 4.89. The Morgan fingerprint density at radius 2 is 1.69 bits per heavy atom. The first-order valence-corrected chi connectivity index (χ1v) is 11.2. The summed E-state index contributed by atoms with van der Waals surface area (Å²) in [7, 11) is -0.592. The van der Waals surface area contributed by atoms with Crippen LogP contribution < -0.4 is 15.2 Å². The highest BCUT2D eigenvalue weighted by Crippen LogP contribution is 2.29. The van der Waals surface area contributed by atoms with Crippen molar-refractivity contribution in [3.63, 3.8) is 0 Å². The standard InChI is InChI=1S/C21H27N3O4S/c1-23(18-10-6-5-7-11-18)22-21(25)17-12-13-19(28-2)20(16-17)29(26,27)24-14-8-3-4-9-15-24/h5-7,10-13,16H,3-4,8-9,14-15H2,1-2H3,(H,22,25). The minimum Gasteiger partial charge on any atom is -0.495 e. The van der Waals surface area contributed by atoms with Crippen LogP contribution in [0.5, 0.6) is 5.75 Å². The number of rotatable bonds is 6. The first-order valence-electron chi connectivity index (χ1n) is 9.71. The van der Waals surface area contributed by atoms with Crippen molar-refractivity contribution in [2.24, 2.45) is 0 Å². The minimum atomic E-state index is -3.75. The molecular formula is C21H27N3O4S. The van der Waals surface area contributed by atoms with Gasteiger partial charge in [-0.25, -0.2) is 8.42 Å². The summed E-state index contributed by atoms with van der Waals surface area (Å²) in [5.74, 6) is -0.159. The third-order valence-electron chi connectivity index (χ3n) is 5.02. The maximum atomic E-state index is 13.2. The zero-order chi connectivity index (χ0) is 20.9. The summed E-state index contributed by atoms with van der Waals surface area (Å²) in [6, 6.07) is 13.9. The topological polar surface area (TPSA) is 79.0 Å². The van der Waals surface area contributed by atoms with Crippen molar-refractivity contribution in [3.05, 3.63) is 54.1 Å². The molecule has 2 aromatic carbocycles. The van der Waals surface area contributed by atoms with E-state index in [0.717, 1.165) is 31.4 Å². The molecule has 1 aliphatic rings. The third-order valence-corrected chi connectivity index (χ3v) is 6.94. The lowest BCUT2D eigenvalue weighted by Crippen LogP contribution is -2.39. The number of anilines is 1. The second-order valence-corrected chi connectivity index (χ2v) is 8.93. The minimum absolute atomic E-state index is 0.0249. The van der Waals surface area contributed by atoms with Gasteiger partial charge >= 0.3 is 0 Å². The summed E-state index contributed by atoms with van der Waals surface area (Å²) >= 11 is 0. The van der Waals surface area contributed by atoms with Crippen molar-refractivity contribution < 1.29 is 17.9 Å². The summed E-state index contributed by atoms with van der Waals surface area (Å²) in [5, 5.41) is 1.59. The lowest BCUT2D eigenvalue weighted by Gasteiger charge is -2.23. The second kappa shape index (κ2) is 9.28. The molecule has 2 aromatic rings. The van der Waals surface area contributed by atoms with Gasteiger partial charge in [-0.1, -0.05) is 31.0 Å². The van der Waals surface area contributed by atoms with Crippen LogP contribution in [0.3, 0.4) is 0 Å². The van der Waals surface area contributed by atoms with Gasteiger partial charge < -0.3 is 4.74 Å². The molecule has 1 aliphatic heterocycles. The molecule has 8 heteroatoms. The highest BCUT2D eigenvalue weighted by atomic mass is 32.2. The summed E-state index contributed by atoms with van der Waals surface area (Å²) in [5.41, 5.74) is 3.83. The summed E-state index contributed by atoms with van der Waals surface area (Å²) in [4.78, 5) is 12.8. The quantitative estimate of drug-likeness (QED) is 0.731. The fourth-order valence-electron chi connectivity index (χ4n) is 3.37. The van der Waals surface area contributed by atoms with E-state index in [4.69, 9.17) is 4.74 Å². The van der Waals surface area contributed by atoms with E-state index >= 15 is 0 Å². The number of ether oxygens (including phenoxy) is 1. The number of hydrazine groups is 1. The van der Waals surface area contributed by atoms with E-state index in [2.05, 4.69) is 5.43 Å². The van der Waals surface area contributed by atoms with Gasteiger partial charge in [0.05, 0.1) is 12.8 Å². The van der Waals surface area contributed by atoms with Gasteiger partial charge in [0.2, 0.25) is 10.0 Å². The van der Waals surface area contributed by atoms with Gasteiger partial charge in [-0.3, -0.25) is 15.2 Å². The first-order chi connectivity index (χ1) is 13.9. The van der Waals surface area contributed by atoms with Crippen LogP contribution in [-0.2, 0) is 10.0 Å². The number of amides is 1. The maximum Gasteiger partial charge on any atom is 0.269 e. The van der Waals surface area contributed by atoms with Crippen molar-refractivity contribution >= 4 is 21.6 Å². The molecule has 0 aliphatic carbocycles. The molecule has 1 fully saturated rings. The first kappa shape index (κ1) is 21.1. The van der Waals surface area contributed by atoms with Crippen molar-refractivity contribution in [3.8, 4) is 5.75 Å². The van der Waals surface area contributed by atoms with Crippen molar-refractivity contribution in [1.29, 1.82) is 0 Å². The van der Waals surface area contributed by atoms with E-state index in [9.17, 15) is 13.2 Å². The number of benzene rings is 2. The zero-order valence-corrected chi connectivity index (χ0v) is 17.6. The average molecular weight is 418 g/mol. The van der Waals surface area contributed by atoms with Gasteiger partial charge in [0.25, 0.3) is 5.91 Å². The predicted octanol–water partition coefficient (Wildman–Crippen LogP) is 3.04. The summed E-state index contributed by atoms with van der Waals surface area (Å²) < 4.78 is 33.3. The Bertz CT molecular complexity index is 940. The Kier molecular flexibility index (Phi) is 6.76. The Hall–Kier alpha value is -2.58. The van der Waals surface area contributed by atoms with Crippen molar-refractivity contribution in [1.82, 2.24) is 9.73 Å². The second-order valence-electron chi connectivity index (χ2n) is 7.02. The van der Waals surface area contributed by atoms with Crippen LogP contribution in [-0.4, -0.2) is 45.9 Å². The molecule has 0 bridgehead atoms. The monoisotopic (exact) mass is 417 g/mol. The molecular weight excluding hydrogens is 390 g/mol. The van der Waals surface area contributed by atoms with Gasteiger partial charge in [0, 0.05) is 25.7 Å². The van der Waals surface area contributed by atoms with Crippen molar-refractivity contribution in [2.75, 3.05) is 32.3 Å². The van der Waals surface area contributed by atoms with Crippen LogP contribution >= 0.6 is 0 Å². The Labute approximate surface area is 172 Å². The fraction of sp³-hybridized carbons (Fsp3) is 0.381. The molecule has 0 radical (unpaired) electrons. The van der Waals surface area contributed by atoms with E-state index in [0.29, 0.717) is 13.1 Å². The molecule has 0 atom stereocenters. The van der Waals surface area contributed by atoms with Crippen LogP contribution in [0, 0.1) is 0 Å². The Morgan fingerprint density at radius 3 is 2.31 bits per heavy atom. The molecule has 1 amide bonds. The largest absolute Gasteiger partial charge is 0.495 e. The molecule has 29 heavy (non-hydrogen) atoms. The highest BCUT2D eigenvalue weighted by molar-refractivity contribution is 7.89. The Morgan fingerprint density at radius 1 is 1.03 bits per heavy atom. The lowest BCUT2D eigenvalue weighted by molar-refractivity contribution is 0.0951. The average Bonchev–Trinajstić information content (AvgIpc) is 3.04. The van der Waals surface area contributed by atoms with E-state index in [1.807, 2.05) is 30.3 Å². The molecule has 0 aromatic heterocycles. The van der Waals surface area contributed by atoms with Crippen LogP contribution in [0.4, 0.5) is 5.69 Å². The smallest absolute Gasteiger partial charge is 0.269 e. The summed E-state index contributed by atoms with van der Waals surface area (Å²) in [6.07, 6.45) is 3.72. The van der Waals surface area contributed by atoms with Gasteiger partial charge in [0.1, 0.15) is 10.6 Å².